The lowest BCUT2D eigenvalue weighted by Crippen LogP contribution is -2.34. The Balaban J connectivity index is 0.896. The third-order valence-electron chi connectivity index (χ3n) is 18.9. The van der Waals surface area contributed by atoms with Gasteiger partial charge in [0, 0.05) is 47.8 Å². The van der Waals surface area contributed by atoms with E-state index in [0.29, 0.717) is 75.8 Å². The molecule has 15 heteroatoms. The van der Waals surface area contributed by atoms with Crippen molar-refractivity contribution in [1.29, 1.82) is 0 Å². The molecule has 484 valence electrons. The lowest BCUT2D eigenvalue weighted by atomic mass is 9.97. The van der Waals surface area contributed by atoms with Crippen LogP contribution in [0.4, 0.5) is 17.1 Å². The molecular formula is C80H79N5O10. The summed E-state index contributed by atoms with van der Waals surface area (Å²) in [5.74, 6) is 4.32. The van der Waals surface area contributed by atoms with Gasteiger partial charge in [0.05, 0.1) is 60.9 Å². The first kappa shape index (κ1) is 66.0. The molecular weight excluding hydrogens is 1190 g/mol. The second-order valence-electron chi connectivity index (χ2n) is 25.1. The van der Waals surface area contributed by atoms with Gasteiger partial charge in [-0.1, -0.05) is 166 Å². The highest BCUT2D eigenvalue weighted by Crippen LogP contribution is 2.48. The average molecular weight is 1270 g/mol. The standard InChI is InChI=1S/C80H79N5O10/c1-6-11-14-15-16-17-46-81-73(86)65-47-67-68(48-66(65)74(81)87)76(89)85(75(67)88)64-38-24-54(25-39-64)21-20-53-22-26-57(27-23-53)71-69-70(78(91)82(71)49-51(9-4)18-12-7-2)72(83(77(69)90)50-52(10-5)19-13-8-3)58-30-28-55(29-31-58)56-32-40-61(41-33-56)84(62-42-34-59(35-43-62)79(92)93)63-44-36-60(37-45-63)80(94)95/h22-45,47-48,51-52H,6-19,46,49-50H2,1-5H3,(H,92,93)(H,94,95). The molecule has 9 aromatic rings. The molecule has 2 aliphatic heterocycles. The molecule has 0 saturated heterocycles. The van der Waals surface area contributed by atoms with Crippen LogP contribution in [0, 0.1) is 23.7 Å². The average Bonchev–Trinajstić information content (AvgIpc) is 1.53. The molecule has 2 atom stereocenters. The highest BCUT2D eigenvalue weighted by Gasteiger charge is 2.49. The molecule has 11 rings (SSSR count). The fourth-order valence-corrected chi connectivity index (χ4v) is 13.3. The molecule has 95 heavy (non-hydrogen) atoms. The van der Waals surface area contributed by atoms with Crippen LogP contribution in [-0.4, -0.2) is 66.0 Å². The lowest BCUT2D eigenvalue weighted by Gasteiger charge is -2.29. The van der Waals surface area contributed by atoms with Gasteiger partial charge in [-0.25, -0.2) is 14.2 Å². The van der Waals surface area contributed by atoms with Gasteiger partial charge in [0.2, 0.25) is 0 Å². The zero-order valence-corrected chi connectivity index (χ0v) is 54.6. The van der Waals surface area contributed by atoms with Gasteiger partial charge in [0.15, 0.2) is 0 Å². The van der Waals surface area contributed by atoms with E-state index in [1.807, 2.05) is 87.5 Å². The first-order chi connectivity index (χ1) is 46.1. The maximum Gasteiger partial charge on any atom is 0.335 e. The number of rotatable bonds is 28. The molecule has 0 bridgehead atoms. The molecule has 0 radical (unpaired) electrons. The summed E-state index contributed by atoms with van der Waals surface area (Å²) in [6.07, 6.45) is 13.6. The molecule has 2 aliphatic rings. The van der Waals surface area contributed by atoms with Gasteiger partial charge < -0.3 is 24.9 Å². The molecule has 7 aromatic carbocycles. The molecule has 4 heterocycles. The monoisotopic (exact) mass is 1270 g/mol. The zero-order valence-electron chi connectivity index (χ0n) is 54.6. The van der Waals surface area contributed by atoms with E-state index in [1.54, 1.807) is 48.5 Å². The quantitative estimate of drug-likeness (QED) is 0.0350. The van der Waals surface area contributed by atoms with Crippen molar-refractivity contribution in [3.05, 3.63) is 244 Å². The summed E-state index contributed by atoms with van der Waals surface area (Å²) >= 11 is 0. The second kappa shape index (κ2) is 29.2. The molecule has 2 aromatic heterocycles. The third kappa shape index (κ3) is 13.5. The van der Waals surface area contributed by atoms with Crippen molar-refractivity contribution in [2.75, 3.05) is 18.0 Å². The van der Waals surface area contributed by atoms with E-state index in [1.165, 1.54) is 41.0 Å². The third-order valence-corrected chi connectivity index (χ3v) is 18.9. The molecule has 2 N–H and O–H groups in total. The summed E-state index contributed by atoms with van der Waals surface area (Å²) < 4.78 is 2.28. The maximum atomic E-state index is 15.5. The number of benzene rings is 7. The predicted molar refractivity (Wildman–Crippen MR) is 376 cm³/mol. The van der Waals surface area contributed by atoms with Crippen molar-refractivity contribution in [2.45, 2.75) is 131 Å². The van der Waals surface area contributed by atoms with Gasteiger partial charge in [-0.2, -0.15) is 0 Å². The summed E-state index contributed by atoms with van der Waals surface area (Å²) in [4.78, 5) is 115. The number of hydrogen-bond acceptors (Lipinski definition) is 9. The molecule has 0 aliphatic carbocycles. The van der Waals surface area contributed by atoms with Gasteiger partial charge in [0.1, 0.15) is 0 Å². The minimum Gasteiger partial charge on any atom is -0.478 e. The Hall–Kier alpha value is -10.5. The summed E-state index contributed by atoms with van der Waals surface area (Å²) in [6.45, 7) is 12.0. The van der Waals surface area contributed by atoms with Crippen LogP contribution in [-0.2, 0) is 16.1 Å². The van der Waals surface area contributed by atoms with Gasteiger partial charge in [-0.05, 0) is 163 Å². The number of carbonyl (C=O) groups excluding carboxylic acids is 2. The molecule has 0 fully saturated rings. The largest absolute Gasteiger partial charge is 0.478 e. The number of carbonyl (C=O) groups is 4. The summed E-state index contributed by atoms with van der Waals surface area (Å²) in [5, 5.41) is 19.7. The number of hydrogen-bond donors (Lipinski definition) is 2. The number of aromatic carboxylic acids is 2. The van der Waals surface area contributed by atoms with E-state index in [9.17, 15) is 39.0 Å². The van der Waals surface area contributed by atoms with E-state index >= 15 is 9.59 Å². The molecule has 0 spiro atoms. The number of aromatic nitrogens is 2. The SMILES string of the molecule is CCCCCCCCn1c(=O)c2cc3c(=O)n(-c4ccc(C#Cc5ccc(C6=C7C(=O)N(CC(CC)CCCC)C(c8ccc(-c9ccc(N(c%10ccc(C(=O)O)cc%10)c%10ccc(C(=O)O)cc%10)cc9)cc8)=C7C(=O)N6CC(CC)CCCC)cc5)cc4)c(=O)c3cc2c1=O. The molecule has 0 saturated carbocycles. The lowest BCUT2D eigenvalue weighted by molar-refractivity contribution is -0.124. The van der Waals surface area contributed by atoms with Crippen molar-refractivity contribution in [1.82, 2.24) is 18.9 Å². The predicted octanol–water partition coefficient (Wildman–Crippen LogP) is 15.4. The van der Waals surface area contributed by atoms with Crippen LogP contribution >= 0.6 is 0 Å². The van der Waals surface area contributed by atoms with Crippen LogP contribution in [0.15, 0.2) is 188 Å². The van der Waals surface area contributed by atoms with Gasteiger partial charge in [0.25, 0.3) is 34.1 Å². The van der Waals surface area contributed by atoms with Crippen LogP contribution in [0.3, 0.4) is 0 Å². The zero-order chi connectivity index (χ0) is 67.0. The number of fused-ring (bicyclic) bond motifs is 3. The minimum absolute atomic E-state index is 0.0803. The fourth-order valence-electron chi connectivity index (χ4n) is 13.3. The Kier molecular flexibility index (Phi) is 20.3. The second-order valence-corrected chi connectivity index (χ2v) is 25.1. The van der Waals surface area contributed by atoms with Gasteiger partial charge in [-0.3, -0.25) is 33.3 Å². The Bertz CT molecular complexity index is 4570. The smallest absolute Gasteiger partial charge is 0.335 e. The normalized spacial score (nSPS) is 13.7. The van der Waals surface area contributed by atoms with E-state index in [-0.39, 0.29) is 62.9 Å². The van der Waals surface area contributed by atoms with Crippen molar-refractivity contribution in [3.63, 3.8) is 0 Å². The Morgan fingerprint density at radius 2 is 0.779 bits per heavy atom. The number of anilines is 3. The van der Waals surface area contributed by atoms with Crippen LogP contribution in [0.1, 0.15) is 167 Å². The van der Waals surface area contributed by atoms with Crippen molar-refractivity contribution < 1.29 is 29.4 Å². The van der Waals surface area contributed by atoms with E-state index < -0.39 is 34.2 Å². The van der Waals surface area contributed by atoms with Crippen molar-refractivity contribution in [3.8, 4) is 28.7 Å². The molecule has 15 nitrogen and oxygen atoms in total. The summed E-state index contributed by atoms with van der Waals surface area (Å²) in [6, 6.07) is 46.0. The van der Waals surface area contributed by atoms with Crippen molar-refractivity contribution >= 4 is 73.8 Å². The number of carboxylic acids is 2. The summed E-state index contributed by atoms with van der Waals surface area (Å²) in [7, 11) is 0. The number of carboxylic acid groups (broad SMARTS) is 2. The van der Waals surface area contributed by atoms with Crippen LogP contribution in [0.5, 0.6) is 0 Å². The Labute approximate surface area is 552 Å². The Morgan fingerprint density at radius 1 is 0.421 bits per heavy atom. The van der Waals surface area contributed by atoms with Gasteiger partial charge >= 0.3 is 11.9 Å². The fraction of sp³-hybridized carbons (Fsp3) is 0.300. The maximum absolute atomic E-state index is 15.5. The number of nitrogens with zero attached hydrogens (tertiary/aromatic N) is 5. The molecule has 2 unspecified atom stereocenters. The highest BCUT2D eigenvalue weighted by atomic mass is 16.4. The first-order valence-corrected chi connectivity index (χ1v) is 33.5. The summed E-state index contributed by atoms with van der Waals surface area (Å²) in [5.41, 5.74) is 7.18. The van der Waals surface area contributed by atoms with E-state index in [2.05, 4.69) is 46.5 Å². The number of unbranched alkanes of at least 4 members (excludes halogenated alkanes) is 7. The van der Waals surface area contributed by atoms with Crippen LogP contribution in [0.2, 0.25) is 0 Å². The topological polar surface area (TPSA) is 197 Å². The van der Waals surface area contributed by atoms with Gasteiger partial charge in [-0.15, -0.1) is 0 Å². The van der Waals surface area contributed by atoms with E-state index in [4.69, 9.17) is 0 Å². The number of amides is 2. The first-order valence-electron chi connectivity index (χ1n) is 33.5. The highest BCUT2D eigenvalue weighted by molar-refractivity contribution is 6.30. The molecule has 2 amide bonds. The van der Waals surface area contributed by atoms with Crippen LogP contribution in [0.25, 0.3) is 49.8 Å². The van der Waals surface area contributed by atoms with Crippen LogP contribution < -0.4 is 27.1 Å². The Morgan fingerprint density at radius 3 is 1.19 bits per heavy atom. The van der Waals surface area contributed by atoms with Crippen molar-refractivity contribution in [2.24, 2.45) is 11.8 Å². The van der Waals surface area contributed by atoms with E-state index in [0.717, 1.165) is 110 Å². The minimum atomic E-state index is -1.05.